The van der Waals surface area contributed by atoms with Crippen molar-refractivity contribution in [2.45, 2.75) is 58.8 Å². The van der Waals surface area contributed by atoms with Crippen LogP contribution in [0.3, 0.4) is 0 Å². The minimum atomic E-state index is -0.804. The number of benzene rings is 1. The molecule has 160 valence electrons. The molecular formula is C22H27FN4O3. The van der Waals surface area contributed by atoms with E-state index in [2.05, 4.69) is 15.4 Å². The van der Waals surface area contributed by atoms with Crippen LogP contribution in [0.15, 0.2) is 30.5 Å². The maximum atomic E-state index is 13.5. The van der Waals surface area contributed by atoms with Crippen LogP contribution in [0.1, 0.15) is 61.5 Å². The molecule has 0 aliphatic heterocycles. The van der Waals surface area contributed by atoms with Crippen molar-refractivity contribution >= 4 is 22.5 Å². The number of aliphatic hydroxyl groups is 2. The Hall–Kier alpha value is -2.84. The van der Waals surface area contributed by atoms with Gasteiger partial charge in [0.25, 0.3) is 5.91 Å². The number of rotatable bonds is 7. The number of aromatic nitrogens is 3. The Morgan fingerprint density at radius 3 is 2.70 bits per heavy atom. The summed E-state index contributed by atoms with van der Waals surface area (Å²) in [4.78, 5) is 16.7. The number of anilines is 1. The van der Waals surface area contributed by atoms with Gasteiger partial charge in [0.15, 0.2) is 0 Å². The first-order valence-corrected chi connectivity index (χ1v) is 9.93. The van der Waals surface area contributed by atoms with Crippen LogP contribution in [-0.4, -0.2) is 36.5 Å². The van der Waals surface area contributed by atoms with Crippen molar-refractivity contribution in [1.29, 1.82) is 0 Å². The second kappa shape index (κ2) is 8.49. The van der Waals surface area contributed by atoms with Crippen LogP contribution in [0.4, 0.5) is 10.1 Å². The van der Waals surface area contributed by atoms with E-state index in [4.69, 9.17) is 0 Å². The van der Waals surface area contributed by atoms with Crippen LogP contribution >= 0.6 is 0 Å². The number of aryl methyl sites for hydroxylation is 2. The fourth-order valence-electron chi connectivity index (χ4n) is 3.10. The quantitative estimate of drug-likeness (QED) is 0.547. The number of fused-ring (bicyclic) bond motifs is 1. The number of nitrogens with one attached hydrogen (secondary N) is 1. The van der Waals surface area contributed by atoms with Gasteiger partial charge in [-0.15, -0.1) is 0 Å². The maximum Gasteiger partial charge on any atom is 0.274 e. The average Bonchev–Trinajstić information content (AvgIpc) is 3.08. The second-order valence-electron chi connectivity index (χ2n) is 8.09. The van der Waals surface area contributed by atoms with E-state index in [9.17, 15) is 19.4 Å². The molecule has 2 heterocycles. The van der Waals surface area contributed by atoms with Crippen LogP contribution in [0.25, 0.3) is 10.9 Å². The molecule has 30 heavy (non-hydrogen) atoms. The predicted molar refractivity (Wildman–Crippen MR) is 113 cm³/mol. The molecule has 8 heteroatoms. The Morgan fingerprint density at radius 2 is 2.07 bits per heavy atom. The summed E-state index contributed by atoms with van der Waals surface area (Å²) >= 11 is 0. The standard InChI is InChI=1S/C22H27FN4O3/c1-5-20(28)15-11-18-14(12-27(26-18)9-8-22(3,4)30)10-19(15)25-21(29)17-7-6-16(23)13(2)24-17/h6-7,10-12,20,28,30H,5,8-9H2,1-4H3,(H,25,29). The largest absolute Gasteiger partial charge is 0.390 e. The molecule has 3 N–H and O–H groups in total. The highest BCUT2D eigenvalue weighted by molar-refractivity contribution is 6.04. The molecule has 3 aromatic rings. The third-order valence-corrected chi connectivity index (χ3v) is 4.92. The van der Waals surface area contributed by atoms with Crippen molar-refractivity contribution in [3.63, 3.8) is 0 Å². The molecule has 1 unspecified atom stereocenters. The van der Waals surface area contributed by atoms with Crippen molar-refractivity contribution in [3.8, 4) is 0 Å². The molecule has 0 radical (unpaired) electrons. The highest BCUT2D eigenvalue weighted by atomic mass is 19.1. The molecule has 1 aromatic carbocycles. The lowest BCUT2D eigenvalue weighted by Gasteiger charge is -2.16. The molecule has 1 amide bonds. The highest BCUT2D eigenvalue weighted by Crippen LogP contribution is 2.30. The van der Waals surface area contributed by atoms with E-state index >= 15 is 0 Å². The van der Waals surface area contributed by atoms with Gasteiger partial charge in [0.05, 0.1) is 22.9 Å². The first-order chi connectivity index (χ1) is 14.1. The number of carbonyl (C=O) groups excluding carboxylic acids is 1. The molecule has 0 fully saturated rings. The molecule has 0 aliphatic carbocycles. The lowest BCUT2D eigenvalue weighted by atomic mass is 10.0. The molecule has 0 aliphatic rings. The first kappa shape index (κ1) is 21.9. The van der Waals surface area contributed by atoms with Gasteiger partial charge in [0.1, 0.15) is 11.5 Å². The zero-order valence-corrected chi connectivity index (χ0v) is 17.6. The monoisotopic (exact) mass is 414 g/mol. The van der Waals surface area contributed by atoms with Crippen molar-refractivity contribution in [3.05, 3.63) is 53.2 Å². The van der Waals surface area contributed by atoms with Gasteiger partial charge in [-0.05, 0) is 57.9 Å². The van der Waals surface area contributed by atoms with Gasteiger partial charge in [0.2, 0.25) is 0 Å². The lowest BCUT2D eigenvalue weighted by Crippen LogP contribution is -2.21. The summed E-state index contributed by atoms with van der Waals surface area (Å²) in [6.07, 6.45) is 2.04. The topological polar surface area (TPSA) is 100 Å². The summed E-state index contributed by atoms with van der Waals surface area (Å²) in [6.45, 7) is 7.35. The van der Waals surface area contributed by atoms with Gasteiger partial charge in [0, 0.05) is 29.4 Å². The number of amides is 1. The highest BCUT2D eigenvalue weighted by Gasteiger charge is 2.18. The number of pyridine rings is 1. The van der Waals surface area contributed by atoms with Gasteiger partial charge < -0.3 is 15.5 Å². The van der Waals surface area contributed by atoms with E-state index in [-0.39, 0.29) is 11.4 Å². The van der Waals surface area contributed by atoms with Crippen molar-refractivity contribution in [2.75, 3.05) is 5.32 Å². The lowest BCUT2D eigenvalue weighted by molar-refractivity contribution is 0.0651. The Morgan fingerprint density at radius 1 is 1.33 bits per heavy atom. The fourth-order valence-corrected chi connectivity index (χ4v) is 3.10. The number of hydrogen-bond donors (Lipinski definition) is 3. The number of hydrogen-bond acceptors (Lipinski definition) is 5. The van der Waals surface area contributed by atoms with Gasteiger partial charge in [-0.25, -0.2) is 9.37 Å². The normalized spacial score (nSPS) is 12.9. The van der Waals surface area contributed by atoms with Crippen molar-refractivity contribution in [2.24, 2.45) is 0 Å². The Kier molecular flexibility index (Phi) is 6.19. The molecule has 0 spiro atoms. The van der Waals surface area contributed by atoms with E-state index in [0.717, 1.165) is 5.39 Å². The van der Waals surface area contributed by atoms with E-state index in [0.29, 0.717) is 36.2 Å². The second-order valence-corrected chi connectivity index (χ2v) is 8.09. The summed E-state index contributed by atoms with van der Waals surface area (Å²) in [5.74, 6) is -0.968. The SMILES string of the molecule is CCC(O)c1cc2nn(CCC(C)(C)O)cc2cc1NC(=O)c1ccc(F)c(C)n1. The number of carbonyl (C=O) groups is 1. The van der Waals surface area contributed by atoms with E-state index in [1.807, 2.05) is 13.1 Å². The predicted octanol–water partition coefficient (Wildman–Crippen LogP) is 3.74. The Balaban J connectivity index is 1.94. The Labute approximate surface area is 174 Å². The summed E-state index contributed by atoms with van der Waals surface area (Å²) in [5, 5.41) is 28.5. The molecule has 3 rings (SSSR count). The zero-order chi connectivity index (χ0) is 22.1. The van der Waals surface area contributed by atoms with Gasteiger partial charge >= 0.3 is 0 Å². The first-order valence-electron chi connectivity index (χ1n) is 9.93. The molecule has 0 bridgehead atoms. The van der Waals surface area contributed by atoms with E-state index < -0.39 is 23.4 Å². The third-order valence-electron chi connectivity index (χ3n) is 4.92. The van der Waals surface area contributed by atoms with Crippen LogP contribution in [0.2, 0.25) is 0 Å². The molecule has 1 atom stereocenters. The fraction of sp³-hybridized carbons (Fsp3) is 0.409. The molecule has 2 aromatic heterocycles. The van der Waals surface area contributed by atoms with Crippen LogP contribution in [0, 0.1) is 12.7 Å². The van der Waals surface area contributed by atoms with Crippen LogP contribution < -0.4 is 5.32 Å². The molecule has 0 saturated carbocycles. The Bertz CT molecular complexity index is 1070. The van der Waals surface area contributed by atoms with E-state index in [1.54, 1.807) is 30.7 Å². The zero-order valence-electron chi connectivity index (χ0n) is 17.6. The molecule has 7 nitrogen and oxygen atoms in total. The summed E-state index contributed by atoms with van der Waals surface area (Å²) < 4.78 is 15.2. The van der Waals surface area contributed by atoms with Crippen LogP contribution in [-0.2, 0) is 6.54 Å². The van der Waals surface area contributed by atoms with Gasteiger partial charge in [-0.1, -0.05) is 6.92 Å². The van der Waals surface area contributed by atoms with E-state index in [1.165, 1.54) is 19.1 Å². The van der Waals surface area contributed by atoms with Gasteiger partial charge in [-0.3, -0.25) is 9.48 Å². The summed E-state index contributed by atoms with van der Waals surface area (Å²) in [7, 11) is 0. The van der Waals surface area contributed by atoms with Crippen molar-refractivity contribution < 1.29 is 19.4 Å². The number of aliphatic hydroxyl groups excluding tert-OH is 1. The number of halogens is 1. The maximum absolute atomic E-state index is 13.5. The average molecular weight is 414 g/mol. The molecule has 0 saturated heterocycles. The minimum absolute atomic E-state index is 0.0896. The third kappa shape index (κ3) is 5.01. The molecular weight excluding hydrogens is 387 g/mol. The van der Waals surface area contributed by atoms with Crippen molar-refractivity contribution in [1.82, 2.24) is 14.8 Å². The number of nitrogens with zero attached hydrogens (tertiary/aromatic N) is 3. The summed E-state index contributed by atoms with van der Waals surface area (Å²) in [6, 6.07) is 6.03. The van der Waals surface area contributed by atoms with Gasteiger partial charge in [-0.2, -0.15) is 5.10 Å². The summed E-state index contributed by atoms with van der Waals surface area (Å²) in [5.41, 5.74) is 1.10. The van der Waals surface area contributed by atoms with Crippen LogP contribution in [0.5, 0.6) is 0 Å². The smallest absolute Gasteiger partial charge is 0.274 e. The minimum Gasteiger partial charge on any atom is -0.390 e.